The van der Waals surface area contributed by atoms with E-state index in [1.54, 1.807) is 23.2 Å². The summed E-state index contributed by atoms with van der Waals surface area (Å²) in [6, 6.07) is 11.2. The van der Waals surface area contributed by atoms with Crippen LogP contribution in [0.5, 0.6) is 11.5 Å². The number of nitrogens with one attached hydrogen (secondary N) is 1. The van der Waals surface area contributed by atoms with Crippen molar-refractivity contribution in [2.45, 2.75) is 88.9 Å². The van der Waals surface area contributed by atoms with Gasteiger partial charge >= 0.3 is 0 Å². The second-order valence-electron chi connectivity index (χ2n) is 14.9. The van der Waals surface area contributed by atoms with Gasteiger partial charge in [0.25, 0.3) is 15.9 Å². The zero-order chi connectivity index (χ0) is 34.6. The molecule has 3 aliphatic heterocycles. The number of carbonyl (C=O) groups excluding carboxylic acids is 1. The predicted octanol–water partition coefficient (Wildman–Crippen LogP) is 5.20. The summed E-state index contributed by atoms with van der Waals surface area (Å²) in [6.07, 6.45) is 8.41. The Morgan fingerprint density at radius 1 is 0.980 bits per heavy atom. The highest BCUT2D eigenvalue weighted by molar-refractivity contribution is 7.89. The van der Waals surface area contributed by atoms with Crippen molar-refractivity contribution in [3.05, 3.63) is 71.9 Å². The number of hydrazine groups is 1. The first-order chi connectivity index (χ1) is 23.4. The Bertz CT molecular complexity index is 1780. The van der Waals surface area contributed by atoms with E-state index < -0.39 is 15.8 Å². The number of sulfonamides is 1. The fourth-order valence-corrected chi connectivity index (χ4v) is 9.28. The number of likely N-dealkylation sites (tertiary alicyclic amines) is 1. The third-order valence-corrected chi connectivity index (χ3v) is 12.4. The molecule has 0 radical (unpaired) electrons. The van der Waals surface area contributed by atoms with Gasteiger partial charge in [-0.05, 0) is 109 Å². The first-order valence-electron chi connectivity index (χ1n) is 17.3. The van der Waals surface area contributed by atoms with E-state index in [0.29, 0.717) is 23.0 Å². The average Bonchev–Trinajstić information content (AvgIpc) is 3.00. The highest BCUT2D eigenvalue weighted by atomic mass is 32.2. The van der Waals surface area contributed by atoms with Crippen LogP contribution in [0.3, 0.4) is 0 Å². The fourth-order valence-electron chi connectivity index (χ4n) is 7.81. The molecule has 1 N–H and O–H groups in total. The van der Waals surface area contributed by atoms with Crippen LogP contribution in [0.15, 0.2) is 59.9 Å². The largest absolute Gasteiger partial charge is 0.451 e. The number of aromatic nitrogens is 2. The van der Waals surface area contributed by atoms with Crippen LogP contribution in [-0.4, -0.2) is 88.9 Å². The number of anilines is 1. The van der Waals surface area contributed by atoms with Crippen LogP contribution >= 0.6 is 0 Å². The topological polar surface area (TPSA) is 111 Å². The van der Waals surface area contributed by atoms with Gasteiger partial charge in [0.2, 0.25) is 0 Å². The van der Waals surface area contributed by atoms with Gasteiger partial charge in [0, 0.05) is 49.2 Å². The summed E-state index contributed by atoms with van der Waals surface area (Å²) in [5, 5.41) is 0. The Morgan fingerprint density at radius 2 is 1.65 bits per heavy atom. The second kappa shape index (κ2) is 12.9. The molecule has 1 saturated carbocycles. The number of benzene rings is 2. The lowest BCUT2D eigenvalue weighted by molar-refractivity contribution is -0.0164. The van der Waals surface area contributed by atoms with Crippen LogP contribution in [0, 0.1) is 11.2 Å². The van der Waals surface area contributed by atoms with Crippen molar-refractivity contribution < 1.29 is 22.3 Å². The number of ether oxygens (including phenoxy) is 1. The lowest BCUT2D eigenvalue weighted by Gasteiger charge is -2.55. The Kier molecular flexibility index (Phi) is 8.91. The standard InChI is InChI=1S/C36H46FN7O4S/c1-25(2)44(26(3)4)34(45)30-18-28(37)8-11-31(30)48-32-19-38-24-39-33(32)42-21-35(22-42)14-16-41(17-15-35)20-27-6-9-29(10-7-27)49(46,47)43-23-36(40-43)12-5-13-36/h6-11,18-19,24-26,40H,5,12-17,20-23H2,1-4H3. The molecular weight excluding hydrogens is 646 g/mol. The molecule has 4 heterocycles. The molecule has 1 aliphatic carbocycles. The van der Waals surface area contributed by atoms with Crippen LogP contribution in [0.4, 0.5) is 10.2 Å². The van der Waals surface area contributed by atoms with Gasteiger partial charge in [0.15, 0.2) is 11.6 Å². The molecule has 262 valence electrons. The number of amides is 1. The molecule has 1 aromatic heterocycles. The Labute approximate surface area is 288 Å². The summed E-state index contributed by atoms with van der Waals surface area (Å²) >= 11 is 0. The minimum Gasteiger partial charge on any atom is -0.451 e. The van der Waals surface area contributed by atoms with E-state index in [1.807, 2.05) is 39.8 Å². The van der Waals surface area contributed by atoms with Gasteiger partial charge in [-0.25, -0.2) is 28.2 Å². The van der Waals surface area contributed by atoms with E-state index in [0.717, 1.165) is 70.4 Å². The van der Waals surface area contributed by atoms with Crippen LogP contribution in [0.1, 0.15) is 75.7 Å². The van der Waals surface area contributed by atoms with Gasteiger partial charge in [-0.2, -0.15) is 0 Å². The summed E-state index contributed by atoms with van der Waals surface area (Å²) < 4.78 is 48.1. The third-order valence-electron chi connectivity index (χ3n) is 10.7. The Hall–Kier alpha value is -3.65. The summed E-state index contributed by atoms with van der Waals surface area (Å²) in [5.74, 6) is 0.548. The molecule has 1 amide bonds. The van der Waals surface area contributed by atoms with E-state index in [9.17, 15) is 17.6 Å². The summed E-state index contributed by atoms with van der Waals surface area (Å²) in [6.45, 7) is 12.6. The fraction of sp³-hybridized carbons (Fsp3) is 0.528. The van der Waals surface area contributed by atoms with Crippen molar-refractivity contribution in [3.8, 4) is 11.5 Å². The maximum absolute atomic E-state index is 14.4. The normalized spacial score (nSPS) is 20.3. The van der Waals surface area contributed by atoms with E-state index in [1.165, 1.54) is 28.9 Å². The maximum atomic E-state index is 14.4. The predicted molar refractivity (Wildman–Crippen MR) is 184 cm³/mol. The van der Waals surface area contributed by atoms with E-state index in [2.05, 4.69) is 25.2 Å². The Morgan fingerprint density at radius 3 is 2.27 bits per heavy atom. The quantitative estimate of drug-likeness (QED) is 0.307. The number of nitrogens with zero attached hydrogens (tertiary/aromatic N) is 6. The van der Waals surface area contributed by atoms with Gasteiger partial charge in [0.1, 0.15) is 17.9 Å². The first kappa shape index (κ1) is 33.8. The van der Waals surface area contributed by atoms with Gasteiger partial charge in [-0.1, -0.05) is 12.1 Å². The van der Waals surface area contributed by atoms with Crippen molar-refractivity contribution in [2.24, 2.45) is 5.41 Å². The molecule has 13 heteroatoms. The molecule has 3 aromatic rings. The number of piperidine rings is 1. The lowest BCUT2D eigenvalue weighted by Crippen LogP contribution is -2.75. The number of hydrogen-bond donors (Lipinski definition) is 1. The van der Waals surface area contributed by atoms with Crippen molar-refractivity contribution in [1.82, 2.24) is 29.6 Å². The minimum atomic E-state index is -3.52. The van der Waals surface area contributed by atoms with Crippen molar-refractivity contribution >= 4 is 21.7 Å². The van der Waals surface area contributed by atoms with Crippen molar-refractivity contribution in [3.63, 3.8) is 0 Å². The van der Waals surface area contributed by atoms with Crippen LogP contribution in [-0.2, 0) is 16.6 Å². The van der Waals surface area contributed by atoms with Crippen LogP contribution < -0.4 is 15.1 Å². The van der Waals surface area contributed by atoms with E-state index in [4.69, 9.17) is 4.74 Å². The maximum Gasteiger partial charge on any atom is 0.258 e. The second-order valence-corrected chi connectivity index (χ2v) is 16.7. The molecule has 7 rings (SSSR count). The number of hydrogen-bond acceptors (Lipinski definition) is 9. The van der Waals surface area contributed by atoms with Gasteiger partial charge in [-0.15, -0.1) is 4.41 Å². The minimum absolute atomic E-state index is 0.0137. The SMILES string of the molecule is CC(C)N(C(=O)c1cc(F)ccc1Oc1cncnc1N1CC2(CCN(Cc3ccc(S(=O)(=O)N4CC5(CCC5)N4)cc3)CC2)C1)C(C)C. The number of carbonyl (C=O) groups is 1. The first-order valence-corrected chi connectivity index (χ1v) is 18.8. The molecule has 4 fully saturated rings. The molecule has 4 aliphatic rings. The van der Waals surface area contributed by atoms with Crippen molar-refractivity contribution in [1.29, 1.82) is 0 Å². The molecule has 2 aromatic carbocycles. The van der Waals surface area contributed by atoms with Gasteiger partial charge < -0.3 is 14.5 Å². The zero-order valence-electron chi connectivity index (χ0n) is 28.7. The molecule has 49 heavy (non-hydrogen) atoms. The lowest BCUT2D eigenvalue weighted by atomic mass is 9.72. The average molecular weight is 692 g/mol. The van der Waals surface area contributed by atoms with Gasteiger partial charge in [-0.3, -0.25) is 9.69 Å². The zero-order valence-corrected chi connectivity index (χ0v) is 29.5. The number of halogens is 1. The molecule has 0 unspecified atom stereocenters. The summed E-state index contributed by atoms with van der Waals surface area (Å²) in [5.41, 5.74) is 4.62. The molecule has 2 spiro atoms. The summed E-state index contributed by atoms with van der Waals surface area (Å²) in [4.78, 5) is 28.9. The van der Waals surface area contributed by atoms with Crippen molar-refractivity contribution in [2.75, 3.05) is 37.6 Å². The van der Waals surface area contributed by atoms with E-state index in [-0.39, 0.29) is 40.3 Å². The molecule has 11 nitrogen and oxygen atoms in total. The molecule has 0 bridgehead atoms. The number of rotatable bonds is 10. The third kappa shape index (κ3) is 6.53. The smallest absolute Gasteiger partial charge is 0.258 e. The molecule has 3 saturated heterocycles. The Balaban J connectivity index is 0.952. The molecular formula is C36H46FN7O4S. The van der Waals surface area contributed by atoms with Gasteiger partial charge in [0.05, 0.1) is 16.7 Å². The molecule has 0 atom stereocenters. The summed E-state index contributed by atoms with van der Waals surface area (Å²) in [7, 11) is -3.52. The van der Waals surface area contributed by atoms with E-state index >= 15 is 0 Å². The van der Waals surface area contributed by atoms with Crippen LogP contribution in [0.25, 0.3) is 0 Å². The monoisotopic (exact) mass is 691 g/mol. The van der Waals surface area contributed by atoms with Crippen LogP contribution in [0.2, 0.25) is 0 Å². The highest BCUT2D eigenvalue weighted by Crippen LogP contribution is 2.45. The highest BCUT2D eigenvalue weighted by Gasteiger charge is 2.51.